The quantitative estimate of drug-likeness (QED) is 0.852. The summed E-state index contributed by atoms with van der Waals surface area (Å²) in [7, 11) is 2.14. The van der Waals surface area contributed by atoms with Crippen LogP contribution in [0, 0.1) is 0 Å². The van der Waals surface area contributed by atoms with Gasteiger partial charge in [-0.05, 0) is 45.5 Å². The number of benzene rings is 1. The van der Waals surface area contributed by atoms with Crippen molar-refractivity contribution in [3.8, 4) is 0 Å². The Bertz CT molecular complexity index is 380. The summed E-state index contributed by atoms with van der Waals surface area (Å²) in [6, 6.07) is 6.64. The van der Waals surface area contributed by atoms with Gasteiger partial charge in [-0.3, -0.25) is 0 Å². The molecule has 4 heteroatoms. The number of nitrogens with one attached hydrogen (secondary N) is 1. The molecule has 1 aromatic carbocycles. The molecule has 0 bridgehead atoms. The molecular weight excluding hydrogens is 267 g/mol. The minimum Gasteiger partial charge on any atom is -0.309 e. The number of nitrogens with zero attached hydrogens (tertiary/aromatic N) is 1. The van der Waals surface area contributed by atoms with Gasteiger partial charge < -0.3 is 10.2 Å². The Labute approximate surface area is 120 Å². The first-order chi connectivity index (χ1) is 8.41. The van der Waals surface area contributed by atoms with Gasteiger partial charge in [0.1, 0.15) is 0 Å². The van der Waals surface area contributed by atoms with Crippen LogP contribution in [-0.2, 0) is 0 Å². The highest BCUT2D eigenvalue weighted by atomic mass is 35.5. The van der Waals surface area contributed by atoms with Crippen molar-refractivity contribution in [3.05, 3.63) is 33.8 Å². The summed E-state index contributed by atoms with van der Waals surface area (Å²) in [5, 5.41) is 4.70. The summed E-state index contributed by atoms with van der Waals surface area (Å²) in [6.45, 7) is 8.51. The van der Waals surface area contributed by atoms with E-state index in [1.807, 2.05) is 18.2 Å². The molecule has 1 unspecified atom stereocenters. The van der Waals surface area contributed by atoms with Gasteiger partial charge in [-0.1, -0.05) is 29.3 Å². The molecule has 0 aliphatic carbocycles. The lowest BCUT2D eigenvalue weighted by molar-refractivity contribution is 0.270. The van der Waals surface area contributed by atoms with E-state index in [-0.39, 0.29) is 6.04 Å². The third-order valence-electron chi connectivity index (χ3n) is 3.24. The normalized spacial score (nSPS) is 13.3. The minimum atomic E-state index is 0.278. The third-order valence-corrected chi connectivity index (χ3v) is 3.98. The van der Waals surface area contributed by atoms with Gasteiger partial charge in [0.15, 0.2) is 0 Å². The van der Waals surface area contributed by atoms with Crippen LogP contribution in [0.4, 0.5) is 0 Å². The Morgan fingerprint density at radius 2 is 1.83 bits per heavy atom. The van der Waals surface area contributed by atoms with Gasteiger partial charge in [0, 0.05) is 25.2 Å². The highest BCUT2D eigenvalue weighted by Gasteiger charge is 2.08. The van der Waals surface area contributed by atoms with Crippen LogP contribution in [0.25, 0.3) is 0 Å². The zero-order chi connectivity index (χ0) is 13.7. The van der Waals surface area contributed by atoms with Crippen molar-refractivity contribution in [1.82, 2.24) is 10.2 Å². The zero-order valence-corrected chi connectivity index (χ0v) is 13.0. The number of hydrogen-bond donors (Lipinski definition) is 1. The Kier molecular flexibility index (Phi) is 6.44. The maximum atomic E-state index is 6.02. The van der Waals surface area contributed by atoms with Gasteiger partial charge in [0.25, 0.3) is 0 Å². The van der Waals surface area contributed by atoms with Gasteiger partial charge in [-0.25, -0.2) is 0 Å². The largest absolute Gasteiger partial charge is 0.309 e. The molecule has 0 spiro atoms. The van der Waals surface area contributed by atoms with E-state index >= 15 is 0 Å². The van der Waals surface area contributed by atoms with E-state index in [1.165, 1.54) is 0 Å². The smallest absolute Gasteiger partial charge is 0.0595 e. The molecule has 0 aliphatic rings. The summed E-state index contributed by atoms with van der Waals surface area (Å²) in [5.74, 6) is 0. The number of rotatable bonds is 6. The van der Waals surface area contributed by atoms with Crippen LogP contribution < -0.4 is 5.32 Å². The zero-order valence-electron chi connectivity index (χ0n) is 11.5. The summed E-state index contributed by atoms with van der Waals surface area (Å²) in [6.07, 6.45) is 0. The topological polar surface area (TPSA) is 15.3 Å². The van der Waals surface area contributed by atoms with Crippen molar-refractivity contribution in [3.63, 3.8) is 0 Å². The first-order valence-corrected chi connectivity index (χ1v) is 7.06. The lowest BCUT2D eigenvalue weighted by atomic mass is 10.1. The molecule has 1 N–H and O–H groups in total. The van der Waals surface area contributed by atoms with E-state index < -0.39 is 0 Å². The summed E-state index contributed by atoms with van der Waals surface area (Å²) in [5.41, 5.74) is 1.16. The maximum Gasteiger partial charge on any atom is 0.0595 e. The molecule has 1 aromatic rings. The van der Waals surface area contributed by atoms with Crippen LogP contribution in [0.5, 0.6) is 0 Å². The SMILES string of the molecule is CC(NCCN(C)C(C)C)c1ccc(Cl)c(Cl)c1. The average molecular weight is 289 g/mol. The molecule has 2 nitrogen and oxygen atoms in total. The minimum absolute atomic E-state index is 0.278. The second-order valence-corrected chi connectivity index (χ2v) is 5.74. The van der Waals surface area contributed by atoms with E-state index in [9.17, 15) is 0 Å². The summed E-state index contributed by atoms with van der Waals surface area (Å²) >= 11 is 11.9. The van der Waals surface area contributed by atoms with Gasteiger partial charge in [0.2, 0.25) is 0 Å². The Balaban J connectivity index is 2.45. The van der Waals surface area contributed by atoms with Crippen LogP contribution in [-0.4, -0.2) is 31.1 Å². The van der Waals surface area contributed by atoms with Crippen LogP contribution in [0.2, 0.25) is 10.0 Å². The standard InChI is InChI=1S/C14H22Cl2N2/c1-10(2)18(4)8-7-17-11(3)12-5-6-13(15)14(16)9-12/h5-6,9-11,17H,7-8H2,1-4H3. The van der Waals surface area contributed by atoms with Crippen LogP contribution >= 0.6 is 23.2 Å². The molecule has 0 saturated heterocycles. The molecule has 0 saturated carbocycles. The molecule has 1 atom stereocenters. The fourth-order valence-corrected chi connectivity index (χ4v) is 1.92. The van der Waals surface area contributed by atoms with Crippen molar-refractivity contribution in [2.24, 2.45) is 0 Å². The summed E-state index contributed by atoms with van der Waals surface area (Å²) in [4.78, 5) is 2.31. The number of likely N-dealkylation sites (N-methyl/N-ethyl adjacent to an activating group) is 1. The molecule has 102 valence electrons. The molecular formula is C14H22Cl2N2. The average Bonchev–Trinajstić information content (AvgIpc) is 2.32. The van der Waals surface area contributed by atoms with E-state index in [1.54, 1.807) is 0 Å². The Morgan fingerprint density at radius 1 is 1.17 bits per heavy atom. The first-order valence-electron chi connectivity index (χ1n) is 6.30. The van der Waals surface area contributed by atoms with Crippen molar-refractivity contribution in [1.29, 1.82) is 0 Å². The lowest BCUT2D eigenvalue weighted by Gasteiger charge is -2.22. The van der Waals surface area contributed by atoms with Crippen molar-refractivity contribution in [2.45, 2.75) is 32.9 Å². The van der Waals surface area contributed by atoms with E-state index in [0.717, 1.165) is 18.7 Å². The monoisotopic (exact) mass is 288 g/mol. The predicted molar refractivity (Wildman–Crippen MR) is 80.6 cm³/mol. The first kappa shape index (κ1) is 15.8. The van der Waals surface area contributed by atoms with E-state index in [0.29, 0.717) is 16.1 Å². The Morgan fingerprint density at radius 3 is 2.39 bits per heavy atom. The van der Waals surface area contributed by atoms with Gasteiger partial charge >= 0.3 is 0 Å². The summed E-state index contributed by atoms with van der Waals surface area (Å²) < 4.78 is 0. The molecule has 18 heavy (non-hydrogen) atoms. The molecule has 0 fully saturated rings. The number of halogens is 2. The molecule has 0 heterocycles. The third kappa shape index (κ3) is 4.77. The Hall–Kier alpha value is -0.280. The molecule has 1 rings (SSSR count). The highest BCUT2D eigenvalue weighted by Crippen LogP contribution is 2.25. The van der Waals surface area contributed by atoms with Crippen LogP contribution in [0.1, 0.15) is 32.4 Å². The fourth-order valence-electron chi connectivity index (χ4n) is 1.62. The van der Waals surface area contributed by atoms with Crippen molar-refractivity contribution in [2.75, 3.05) is 20.1 Å². The maximum absolute atomic E-state index is 6.02. The van der Waals surface area contributed by atoms with Crippen molar-refractivity contribution < 1.29 is 0 Å². The molecule has 0 radical (unpaired) electrons. The molecule has 0 aromatic heterocycles. The van der Waals surface area contributed by atoms with Crippen LogP contribution in [0.15, 0.2) is 18.2 Å². The van der Waals surface area contributed by atoms with Gasteiger partial charge in [-0.15, -0.1) is 0 Å². The fraction of sp³-hybridized carbons (Fsp3) is 0.571. The van der Waals surface area contributed by atoms with Gasteiger partial charge in [0.05, 0.1) is 10.0 Å². The molecule has 0 amide bonds. The second-order valence-electron chi connectivity index (χ2n) is 4.92. The van der Waals surface area contributed by atoms with Gasteiger partial charge in [-0.2, -0.15) is 0 Å². The lowest BCUT2D eigenvalue weighted by Crippen LogP contribution is -2.34. The van der Waals surface area contributed by atoms with Crippen LogP contribution in [0.3, 0.4) is 0 Å². The molecule has 0 aliphatic heterocycles. The predicted octanol–water partition coefficient (Wildman–Crippen LogP) is 3.98. The second kappa shape index (κ2) is 7.34. The highest BCUT2D eigenvalue weighted by molar-refractivity contribution is 6.42. The van der Waals surface area contributed by atoms with E-state index in [4.69, 9.17) is 23.2 Å². The van der Waals surface area contributed by atoms with Crippen molar-refractivity contribution >= 4 is 23.2 Å². The van der Waals surface area contributed by atoms with E-state index in [2.05, 4.69) is 38.0 Å². The number of hydrogen-bond acceptors (Lipinski definition) is 2.